The van der Waals surface area contributed by atoms with Gasteiger partial charge in [0, 0.05) is 25.3 Å². The van der Waals surface area contributed by atoms with E-state index in [1.54, 1.807) is 24.3 Å². The van der Waals surface area contributed by atoms with Crippen molar-refractivity contribution < 1.29 is 19.4 Å². The van der Waals surface area contributed by atoms with Gasteiger partial charge in [-0.15, -0.1) is 0 Å². The van der Waals surface area contributed by atoms with Gasteiger partial charge in [0.05, 0.1) is 28.4 Å². The van der Waals surface area contributed by atoms with E-state index in [1.165, 1.54) is 16.2 Å². The first-order chi connectivity index (χ1) is 17.4. The zero-order valence-corrected chi connectivity index (χ0v) is 21.0. The smallest absolute Gasteiger partial charge is 0.301 e. The number of carbonyl (C=O) groups is 2. The molecule has 36 heavy (non-hydrogen) atoms. The monoisotopic (exact) mass is 499 g/mol. The first-order valence-electron chi connectivity index (χ1n) is 11.6. The second-order valence-corrected chi connectivity index (χ2v) is 9.59. The van der Waals surface area contributed by atoms with Gasteiger partial charge in [-0.1, -0.05) is 53.8 Å². The average molecular weight is 500 g/mol. The maximum atomic E-state index is 13.4. The van der Waals surface area contributed by atoms with E-state index in [1.807, 2.05) is 74.4 Å². The second-order valence-electron chi connectivity index (χ2n) is 8.58. The summed E-state index contributed by atoms with van der Waals surface area (Å²) in [6.45, 7) is 2.45. The summed E-state index contributed by atoms with van der Waals surface area (Å²) in [5, 5.41) is 11.6. The molecule has 0 spiro atoms. The molecule has 1 atom stereocenters. The molecule has 8 heteroatoms. The Kier molecular flexibility index (Phi) is 6.20. The number of aliphatic hydroxyl groups excluding tert-OH is 1. The highest BCUT2D eigenvalue weighted by atomic mass is 32.1. The molecule has 1 aromatic heterocycles. The molecule has 0 radical (unpaired) electrons. The summed E-state index contributed by atoms with van der Waals surface area (Å²) in [5.41, 5.74) is 2.88. The predicted molar refractivity (Wildman–Crippen MR) is 143 cm³/mol. The summed E-state index contributed by atoms with van der Waals surface area (Å²) >= 11 is 1.31. The lowest BCUT2D eigenvalue weighted by Crippen LogP contribution is -2.29. The number of hydrogen-bond donors (Lipinski definition) is 1. The quantitative estimate of drug-likeness (QED) is 0.218. The molecule has 1 fully saturated rings. The molecule has 1 saturated heterocycles. The summed E-state index contributed by atoms with van der Waals surface area (Å²) in [4.78, 5) is 34.8. The van der Waals surface area contributed by atoms with Crippen molar-refractivity contribution in [3.63, 3.8) is 0 Å². The number of rotatable bonds is 6. The van der Waals surface area contributed by atoms with E-state index in [9.17, 15) is 14.7 Å². The van der Waals surface area contributed by atoms with Crippen LogP contribution in [0.25, 0.3) is 16.0 Å². The Bertz CT molecular complexity index is 1480. The van der Waals surface area contributed by atoms with Crippen molar-refractivity contribution in [3.8, 4) is 5.75 Å². The standard InChI is InChI=1S/C28H25N3O4S/c1-4-35-20-14-15-21-22(16-20)36-28(29-21)31-24(17-10-12-19(13-11-17)30(2)3)23(26(33)27(31)34)25(32)18-8-6-5-7-9-18/h5-16,24,32H,4H2,1-3H3/b25-23+. The van der Waals surface area contributed by atoms with Gasteiger partial charge in [0.25, 0.3) is 5.78 Å². The molecule has 0 saturated carbocycles. The van der Waals surface area contributed by atoms with Crippen LogP contribution >= 0.6 is 11.3 Å². The molecule has 182 valence electrons. The maximum absolute atomic E-state index is 13.4. The molecule has 3 aromatic carbocycles. The highest BCUT2D eigenvalue weighted by molar-refractivity contribution is 7.22. The molecular weight excluding hydrogens is 474 g/mol. The number of ether oxygens (including phenoxy) is 1. The second kappa shape index (κ2) is 9.47. The fraction of sp³-hybridized carbons (Fsp3) is 0.179. The summed E-state index contributed by atoms with van der Waals surface area (Å²) in [5.74, 6) is -0.967. The van der Waals surface area contributed by atoms with Crippen molar-refractivity contribution >= 4 is 49.8 Å². The highest BCUT2D eigenvalue weighted by Crippen LogP contribution is 2.44. The SMILES string of the molecule is CCOc1ccc2nc(N3C(=O)C(=O)/C(=C(/O)c4ccccc4)C3c3ccc(N(C)C)cc3)sc2c1. The lowest BCUT2D eigenvalue weighted by Gasteiger charge is -2.23. The molecule has 2 heterocycles. The van der Waals surface area contributed by atoms with E-state index in [-0.39, 0.29) is 11.3 Å². The molecule has 4 aromatic rings. The van der Waals surface area contributed by atoms with Crippen LogP contribution in [0, 0.1) is 0 Å². The van der Waals surface area contributed by atoms with Gasteiger partial charge >= 0.3 is 5.91 Å². The largest absolute Gasteiger partial charge is 0.507 e. The molecular formula is C28H25N3O4S. The van der Waals surface area contributed by atoms with Gasteiger partial charge in [-0.3, -0.25) is 14.5 Å². The molecule has 1 N–H and O–H groups in total. The van der Waals surface area contributed by atoms with Crippen LogP contribution in [0.1, 0.15) is 24.1 Å². The Hall–Kier alpha value is -4.17. The third-order valence-corrected chi connectivity index (χ3v) is 7.10. The van der Waals surface area contributed by atoms with Crippen molar-refractivity contribution in [3.05, 3.63) is 89.5 Å². The zero-order valence-electron chi connectivity index (χ0n) is 20.1. The third-order valence-electron chi connectivity index (χ3n) is 6.08. The van der Waals surface area contributed by atoms with Gasteiger partial charge in [0.2, 0.25) is 0 Å². The van der Waals surface area contributed by atoms with Gasteiger partial charge in [0.1, 0.15) is 11.5 Å². The molecule has 1 unspecified atom stereocenters. The summed E-state index contributed by atoms with van der Waals surface area (Å²) in [6.07, 6.45) is 0. The number of thiazole rings is 1. The molecule has 1 aliphatic heterocycles. The van der Waals surface area contributed by atoms with Gasteiger partial charge < -0.3 is 14.7 Å². The minimum Gasteiger partial charge on any atom is -0.507 e. The fourth-order valence-electron chi connectivity index (χ4n) is 4.30. The number of amides is 1. The fourth-order valence-corrected chi connectivity index (χ4v) is 5.32. The molecule has 0 bridgehead atoms. The van der Waals surface area contributed by atoms with E-state index in [0.717, 1.165) is 10.4 Å². The van der Waals surface area contributed by atoms with Crippen LogP contribution in [-0.4, -0.2) is 42.5 Å². The van der Waals surface area contributed by atoms with Gasteiger partial charge in [-0.05, 0) is 42.8 Å². The van der Waals surface area contributed by atoms with Gasteiger partial charge in [-0.2, -0.15) is 0 Å². The van der Waals surface area contributed by atoms with E-state index < -0.39 is 17.7 Å². The van der Waals surface area contributed by atoms with E-state index >= 15 is 0 Å². The van der Waals surface area contributed by atoms with Crippen LogP contribution in [0.2, 0.25) is 0 Å². The van der Waals surface area contributed by atoms with Crippen molar-refractivity contribution in [2.75, 3.05) is 30.5 Å². The van der Waals surface area contributed by atoms with Crippen LogP contribution in [0.3, 0.4) is 0 Å². The first kappa shape index (κ1) is 23.6. The van der Waals surface area contributed by atoms with Crippen LogP contribution < -0.4 is 14.5 Å². The number of fused-ring (bicyclic) bond motifs is 1. The normalized spacial score (nSPS) is 17.1. The molecule has 1 aliphatic rings. The Morgan fingerprint density at radius 2 is 1.78 bits per heavy atom. The number of Topliss-reactive ketones (excluding diaryl/α,β-unsaturated/α-hetero) is 1. The Balaban J connectivity index is 1.68. The van der Waals surface area contributed by atoms with Crippen molar-refractivity contribution in [1.29, 1.82) is 0 Å². The number of nitrogens with zero attached hydrogens (tertiary/aromatic N) is 3. The van der Waals surface area contributed by atoms with Crippen molar-refractivity contribution in [1.82, 2.24) is 4.98 Å². The number of hydrogen-bond acceptors (Lipinski definition) is 7. The summed E-state index contributed by atoms with van der Waals surface area (Å²) < 4.78 is 6.44. The minimum absolute atomic E-state index is 0.0399. The Labute approximate surface area is 212 Å². The zero-order chi connectivity index (χ0) is 25.4. The lowest BCUT2D eigenvalue weighted by atomic mass is 9.95. The number of anilines is 2. The number of benzene rings is 3. The highest BCUT2D eigenvalue weighted by Gasteiger charge is 2.48. The first-order valence-corrected chi connectivity index (χ1v) is 12.4. The Morgan fingerprint density at radius 1 is 1.06 bits per heavy atom. The summed E-state index contributed by atoms with van der Waals surface area (Å²) in [7, 11) is 3.88. The van der Waals surface area contributed by atoms with Crippen molar-refractivity contribution in [2.24, 2.45) is 0 Å². The Morgan fingerprint density at radius 3 is 2.44 bits per heavy atom. The predicted octanol–water partition coefficient (Wildman–Crippen LogP) is 5.39. The minimum atomic E-state index is -0.826. The summed E-state index contributed by atoms with van der Waals surface area (Å²) in [6, 6.07) is 21.1. The van der Waals surface area contributed by atoms with Crippen LogP contribution in [0.15, 0.2) is 78.4 Å². The van der Waals surface area contributed by atoms with Gasteiger partial charge in [0.15, 0.2) is 5.13 Å². The molecule has 0 aliphatic carbocycles. The van der Waals surface area contributed by atoms with E-state index in [0.29, 0.717) is 34.1 Å². The molecule has 1 amide bonds. The topological polar surface area (TPSA) is 83.0 Å². The van der Waals surface area contributed by atoms with E-state index in [4.69, 9.17) is 4.74 Å². The number of ketones is 1. The third kappa shape index (κ3) is 4.09. The molecule has 7 nitrogen and oxygen atoms in total. The van der Waals surface area contributed by atoms with E-state index in [2.05, 4.69) is 4.98 Å². The van der Waals surface area contributed by atoms with Crippen molar-refractivity contribution in [2.45, 2.75) is 13.0 Å². The lowest BCUT2D eigenvalue weighted by molar-refractivity contribution is -0.132. The molecule has 5 rings (SSSR count). The van der Waals surface area contributed by atoms with Crippen LogP contribution in [0.4, 0.5) is 10.8 Å². The average Bonchev–Trinajstić information content (AvgIpc) is 3.42. The number of aliphatic hydroxyl groups is 1. The number of carbonyl (C=O) groups excluding carboxylic acids is 2. The van der Waals surface area contributed by atoms with Crippen LogP contribution in [0.5, 0.6) is 5.75 Å². The van der Waals surface area contributed by atoms with Crippen LogP contribution in [-0.2, 0) is 9.59 Å². The maximum Gasteiger partial charge on any atom is 0.301 e. The van der Waals surface area contributed by atoms with Gasteiger partial charge in [-0.25, -0.2) is 4.98 Å². The number of aromatic nitrogens is 1.